The molecule has 0 aliphatic heterocycles. The van der Waals surface area contributed by atoms with Crippen LogP contribution in [0.3, 0.4) is 0 Å². The Kier molecular flexibility index (Phi) is 5.07. The lowest BCUT2D eigenvalue weighted by atomic mass is 9.83. The van der Waals surface area contributed by atoms with Crippen molar-refractivity contribution >= 4 is 11.9 Å². The van der Waals surface area contributed by atoms with E-state index < -0.39 is 5.97 Å². The fourth-order valence-corrected chi connectivity index (χ4v) is 2.55. The molecule has 2 N–H and O–H groups in total. The Morgan fingerprint density at radius 1 is 1.25 bits per heavy atom. The SMILES string of the molecule is Cn1cc(C(NC(=O)Cc2ccc(C(=O)O)cc2)C(C)(C)C)cn1. The standard InChI is InChI=1S/C18H23N3O3/c1-18(2,3)16(14-10-19-21(4)11-14)20-15(22)9-12-5-7-13(8-6-12)17(23)24/h5-8,10-11,16H,9H2,1-4H3,(H,20,22)(H,23,24). The topological polar surface area (TPSA) is 84.2 Å². The number of carbonyl (C=O) groups is 2. The number of hydrogen-bond acceptors (Lipinski definition) is 3. The summed E-state index contributed by atoms with van der Waals surface area (Å²) in [5.41, 5.74) is 1.78. The summed E-state index contributed by atoms with van der Waals surface area (Å²) >= 11 is 0. The second kappa shape index (κ2) is 6.86. The van der Waals surface area contributed by atoms with Crippen LogP contribution in [0.2, 0.25) is 0 Å². The summed E-state index contributed by atoms with van der Waals surface area (Å²) in [5.74, 6) is -1.09. The van der Waals surface area contributed by atoms with E-state index in [9.17, 15) is 9.59 Å². The van der Waals surface area contributed by atoms with Gasteiger partial charge in [-0.3, -0.25) is 9.48 Å². The van der Waals surface area contributed by atoms with Crippen LogP contribution in [0.15, 0.2) is 36.7 Å². The van der Waals surface area contributed by atoms with E-state index in [-0.39, 0.29) is 29.3 Å². The van der Waals surface area contributed by atoms with E-state index in [2.05, 4.69) is 31.2 Å². The van der Waals surface area contributed by atoms with E-state index in [0.29, 0.717) is 0 Å². The summed E-state index contributed by atoms with van der Waals surface area (Å²) in [6, 6.07) is 6.19. The van der Waals surface area contributed by atoms with Gasteiger partial charge in [-0.1, -0.05) is 32.9 Å². The molecular weight excluding hydrogens is 306 g/mol. The molecule has 6 heteroatoms. The molecule has 0 spiro atoms. The van der Waals surface area contributed by atoms with Gasteiger partial charge >= 0.3 is 5.97 Å². The highest BCUT2D eigenvalue weighted by molar-refractivity contribution is 5.87. The summed E-state index contributed by atoms with van der Waals surface area (Å²) in [7, 11) is 1.84. The van der Waals surface area contributed by atoms with Crippen LogP contribution in [0, 0.1) is 5.41 Å². The Hall–Kier alpha value is -2.63. The van der Waals surface area contributed by atoms with Crippen molar-refractivity contribution in [3.63, 3.8) is 0 Å². The summed E-state index contributed by atoms with van der Waals surface area (Å²) < 4.78 is 1.71. The number of nitrogens with one attached hydrogen (secondary N) is 1. The Morgan fingerprint density at radius 2 is 1.88 bits per heavy atom. The number of carboxylic acids is 1. The number of aryl methyl sites for hydroxylation is 1. The lowest BCUT2D eigenvalue weighted by Gasteiger charge is -2.31. The Morgan fingerprint density at radius 3 is 2.33 bits per heavy atom. The van der Waals surface area contributed by atoms with Gasteiger partial charge in [-0.05, 0) is 23.1 Å². The molecule has 0 saturated carbocycles. The lowest BCUT2D eigenvalue weighted by molar-refractivity contribution is -0.122. The molecule has 1 amide bonds. The summed E-state index contributed by atoms with van der Waals surface area (Å²) in [5, 5.41) is 16.1. The monoisotopic (exact) mass is 329 g/mol. The van der Waals surface area contributed by atoms with Crippen molar-refractivity contribution < 1.29 is 14.7 Å². The number of amides is 1. The zero-order valence-corrected chi connectivity index (χ0v) is 14.4. The van der Waals surface area contributed by atoms with Crippen molar-refractivity contribution in [1.29, 1.82) is 0 Å². The molecule has 1 heterocycles. The molecule has 1 unspecified atom stereocenters. The van der Waals surface area contributed by atoms with Crippen LogP contribution in [0.25, 0.3) is 0 Å². The fourth-order valence-electron chi connectivity index (χ4n) is 2.55. The molecule has 0 aliphatic rings. The van der Waals surface area contributed by atoms with E-state index in [4.69, 9.17) is 5.11 Å². The van der Waals surface area contributed by atoms with Crippen LogP contribution < -0.4 is 5.32 Å². The second-order valence-electron chi connectivity index (χ2n) is 6.99. The summed E-state index contributed by atoms with van der Waals surface area (Å²) in [6.07, 6.45) is 3.86. The number of carbonyl (C=O) groups excluding carboxylic acids is 1. The molecule has 6 nitrogen and oxygen atoms in total. The molecular formula is C18H23N3O3. The summed E-state index contributed by atoms with van der Waals surface area (Å²) in [6.45, 7) is 6.19. The van der Waals surface area contributed by atoms with Gasteiger partial charge in [0.1, 0.15) is 0 Å². The molecule has 2 rings (SSSR count). The smallest absolute Gasteiger partial charge is 0.335 e. The zero-order valence-electron chi connectivity index (χ0n) is 14.4. The fraction of sp³-hybridized carbons (Fsp3) is 0.389. The van der Waals surface area contributed by atoms with E-state index >= 15 is 0 Å². The molecule has 2 aromatic rings. The molecule has 0 radical (unpaired) electrons. The minimum atomic E-state index is -0.977. The average molecular weight is 329 g/mol. The van der Waals surface area contributed by atoms with Gasteiger partial charge in [-0.25, -0.2) is 4.79 Å². The number of carboxylic acid groups (broad SMARTS) is 1. The largest absolute Gasteiger partial charge is 0.478 e. The van der Waals surface area contributed by atoms with E-state index in [0.717, 1.165) is 11.1 Å². The number of aromatic carboxylic acids is 1. The van der Waals surface area contributed by atoms with E-state index in [1.807, 2.05) is 13.2 Å². The van der Waals surface area contributed by atoms with Gasteiger partial charge in [0, 0.05) is 18.8 Å². The first-order chi connectivity index (χ1) is 11.2. The lowest BCUT2D eigenvalue weighted by Crippen LogP contribution is -2.37. The highest BCUT2D eigenvalue weighted by Crippen LogP contribution is 2.32. The first-order valence-electron chi connectivity index (χ1n) is 7.77. The first kappa shape index (κ1) is 17.7. The van der Waals surface area contributed by atoms with Crippen molar-refractivity contribution in [2.24, 2.45) is 12.5 Å². The maximum absolute atomic E-state index is 12.4. The van der Waals surface area contributed by atoms with Gasteiger partial charge in [0.05, 0.1) is 24.2 Å². The normalized spacial score (nSPS) is 12.7. The van der Waals surface area contributed by atoms with Gasteiger partial charge < -0.3 is 10.4 Å². The molecule has 0 fully saturated rings. The minimum Gasteiger partial charge on any atom is -0.478 e. The molecule has 0 saturated heterocycles. The molecule has 1 aromatic heterocycles. The Labute approximate surface area is 141 Å². The van der Waals surface area contributed by atoms with Gasteiger partial charge in [0.25, 0.3) is 0 Å². The number of aromatic nitrogens is 2. The number of hydrogen-bond donors (Lipinski definition) is 2. The van der Waals surface area contributed by atoms with Crippen LogP contribution in [0.1, 0.15) is 48.3 Å². The Bertz CT molecular complexity index is 727. The molecule has 0 bridgehead atoms. The molecule has 24 heavy (non-hydrogen) atoms. The molecule has 0 aliphatic carbocycles. The number of benzene rings is 1. The van der Waals surface area contributed by atoms with Crippen molar-refractivity contribution in [3.8, 4) is 0 Å². The molecule has 1 aromatic carbocycles. The molecule has 1 atom stereocenters. The first-order valence-corrected chi connectivity index (χ1v) is 7.77. The van der Waals surface area contributed by atoms with Crippen LogP contribution in [0.5, 0.6) is 0 Å². The maximum atomic E-state index is 12.4. The average Bonchev–Trinajstić information content (AvgIpc) is 2.90. The van der Waals surface area contributed by atoms with Crippen molar-refractivity contribution in [3.05, 3.63) is 53.3 Å². The van der Waals surface area contributed by atoms with Gasteiger partial charge in [-0.15, -0.1) is 0 Å². The van der Waals surface area contributed by atoms with Crippen molar-refractivity contribution in [2.45, 2.75) is 33.2 Å². The maximum Gasteiger partial charge on any atom is 0.335 e. The second-order valence-corrected chi connectivity index (χ2v) is 6.99. The summed E-state index contributed by atoms with van der Waals surface area (Å²) in [4.78, 5) is 23.3. The van der Waals surface area contributed by atoms with Gasteiger partial charge in [0.15, 0.2) is 0 Å². The van der Waals surface area contributed by atoms with Crippen LogP contribution in [0.4, 0.5) is 0 Å². The zero-order chi connectivity index (χ0) is 17.9. The molecule has 128 valence electrons. The third-order valence-electron chi connectivity index (χ3n) is 3.80. The quantitative estimate of drug-likeness (QED) is 0.883. The third-order valence-corrected chi connectivity index (χ3v) is 3.80. The number of nitrogens with zero attached hydrogens (tertiary/aromatic N) is 2. The van der Waals surface area contributed by atoms with Crippen molar-refractivity contribution in [2.75, 3.05) is 0 Å². The van der Waals surface area contributed by atoms with Crippen LogP contribution in [-0.4, -0.2) is 26.8 Å². The number of rotatable bonds is 5. The third kappa shape index (κ3) is 4.44. The van der Waals surface area contributed by atoms with Gasteiger partial charge in [-0.2, -0.15) is 5.10 Å². The van der Waals surface area contributed by atoms with Crippen LogP contribution >= 0.6 is 0 Å². The van der Waals surface area contributed by atoms with E-state index in [1.165, 1.54) is 12.1 Å². The highest BCUT2D eigenvalue weighted by Gasteiger charge is 2.28. The van der Waals surface area contributed by atoms with Crippen molar-refractivity contribution in [1.82, 2.24) is 15.1 Å². The predicted molar refractivity (Wildman–Crippen MR) is 90.7 cm³/mol. The Balaban J connectivity index is 2.09. The van der Waals surface area contributed by atoms with Crippen LogP contribution in [-0.2, 0) is 18.3 Å². The highest BCUT2D eigenvalue weighted by atomic mass is 16.4. The predicted octanol–water partition coefficient (Wildman–Crippen LogP) is 2.56. The van der Waals surface area contributed by atoms with E-state index in [1.54, 1.807) is 23.0 Å². The van der Waals surface area contributed by atoms with Gasteiger partial charge in [0.2, 0.25) is 5.91 Å². The minimum absolute atomic E-state index is 0.109.